The first-order valence-electron chi connectivity index (χ1n) is 10.5. The van der Waals surface area contributed by atoms with Crippen LogP contribution in [0.2, 0.25) is 0 Å². The molecule has 0 radical (unpaired) electrons. The molecule has 10 heteroatoms. The molecule has 33 heavy (non-hydrogen) atoms. The van der Waals surface area contributed by atoms with Gasteiger partial charge in [0, 0.05) is 18.7 Å². The number of amidine groups is 1. The van der Waals surface area contributed by atoms with Crippen LogP contribution in [0.5, 0.6) is 0 Å². The quantitative estimate of drug-likeness (QED) is 0.499. The average molecular weight is 484 g/mol. The lowest BCUT2D eigenvalue weighted by Gasteiger charge is -2.10. The zero-order valence-corrected chi connectivity index (χ0v) is 20.0. The standard InChI is InChI=1S/C23H25N5O3S2/c1-16-23(17(2)28(26-16)19-9-4-3-5-10-19)32-15-22(29)25-18-8-6-11-20(14-18)33(30,31)27-21-12-7-13-24-21/h3-6,8-11,14H,7,12-13,15H2,1-2H3,(H,24,27)(H,25,29). The van der Waals surface area contributed by atoms with Crippen molar-refractivity contribution in [2.75, 3.05) is 17.6 Å². The number of nitrogens with zero attached hydrogens (tertiary/aromatic N) is 3. The number of rotatable bonds is 7. The van der Waals surface area contributed by atoms with E-state index in [0.717, 1.165) is 28.4 Å². The number of amides is 1. The highest BCUT2D eigenvalue weighted by Gasteiger charge is 2.19. The van der Waals surface area contributed by atoms with E-state index in [0.29, 0.717) is 24.5 Å². The van der Waals surface area contributed by atoms with Gasteiger partial charge < -0.3 is 5.32 Å². The van der Waals surface area contributed by atoms with Crippen LogP contribution in [0.15, 0.2) is 69.4 Å². The van der Waals surface area contributed by atoms with Crippen LogP contribution in [0.3, 0.4) is 0 Å². The highest BCUT2D eigenvalue weighted by atomic mass is 32.2. The lowest BCUT2D eigenvalue weighted by molar-refractivity contribution is -0.113. The van der Waals surface area contributed by atoms with Gasteiger partial charge in [-0.25, -0.2) is 13.1 Å². The van der Waals surface area contributed by atoms with Crippen LogP contribution in [-0.4, -0.2) is 42.2 Å². The summed E-state index contributed by atoms with van der Waals surface area (Å²) in [5, 5.41) is 7.39. The van der Waals surface area contributed by atoms with E-state index in [4.69, 9.17) is 0 Å². The van der Waals surface area contributed by atoms with Crippen molar-refractivity contribution in [1.29, 1.82) is 0 Å². The molecule has 2 heterocycles. The minimum Gasteiger partial charge on any atom is -0.325 e. The third-order valence-electron chi connectivity index (χ3n) is 5.13. The lowest BCUT2D eigenvalue weighted by atomic mass is 10.3. The molecule has 0 aliphatic carbocycles. The number of aliphatic imine (C=N–C) groups is 1. The van der Waals surface area contributed by atoms with Crippen LogP contribution in [0, 0.1) is 13.8 Å². The summed E-state index contributed by atoms with van der Waals surface area (Å²) in [7, 11) is -3.74. The number of thioether (sulfide) groups is 1. The number of anilines is 1. The first-order chi connectivity index (χ1) is 15.8. The van der Waals surface area contributed by atoms with Crippen molar-refractivity contribution in [2.24, 2.45) is 4.99 Å². The highest BCUT2D eigenvalue weighted by molar-refractivity contribution is 8.00. The van der Waals surface area contributed by atoms with E-state index in [-0.39, 0.29) is 16.6 Å². The molecule has 8 nitrogen and oxygen atoms in total. The fourth-order valence-corrected chi connectivity index (χ4v) is 5.60. The Hall–Kier alpha value is -3.11. The summed E-state index contributed by atoms with van der Waals surface area (Å²) in [6.07, 6.45) is 1.46. The second kappa shape index (κ2) is 9.80. The average Bonchev–Trinajstić information content (AvgIpc) is 3.40. The molecule has 172 valence electrons. The Morgan fingerprint density at radius 2 is 1.91 bits per heavy atom. The zero-order chi connectivity index (χ0) is 23.4. The van der Waals surface area contributed by atoms with Crippen LogP contribution >= 0.6 is 11.8 Å². The second-order valence-corrected chi connectivity index (χ2v) is 10.3. The van der Waals surface area contributed by atoms with Crippen molar-refractivity contribution >= 4 is 39.2 Å². The molecule has 2 N–H and O–H groups in total. The van der Waals surface area contributed by atoms with Crippen molar-refractivity contribution in [2.45, 2.75) is 36.5 Å². The van der Waals surface area contributed by atoms with Crippen molar-refractivity contribution in [3.8, 4) is 5.69 Å². The number of carbonyl (C=O) groups excluding carboxylic acids is 1. The number of aryl methyl sites for hydroxylation is 1. The number of carbonyl (C=O) groups is 1. The van der Waals surface area contributed by atoms with Crippen molar-refractivity contribution in [3.63, 3.8) is 0 Å². The largest absolute Gasteiger partial charge is 0.325 e. The molecule has 3 aromatic rings. The van der Waals surface area contributed by atoms with Gasteiger partial charge in [0.2, 0.25) is 5.91 Å². The molecule has 0 atom stereocenters. The predicted octanol–water partition coefficient (Wildman–Crippen LogP) is 3.69. The Balaban J connectivity index is 1.41. The molecule has 0 saturated heterocycles. The molecule has 1 aliphatic rings. The van der Waals surface area contributed by atoms with Crippen LogP contribution < -0.4 is 10.0 Å². The number of hydrogen-bond acceptors (Lipinski definition) is 6. The van der Waals surface area contributed by atoms with Gasteiger partial charge in [-0.05, 0) is 50.6 Å². The Morgan fingerprint density at radius 1 is 1.12 bits per heavy atom. The van der Waals surface area contributed by atoms with Crippen molar-refractivity contribution < 1.29 is 13.2 Å². The Kier molecular flexibility index (Phi) is 6.85. The summed E-state index contributed by atoms with van der Waals surface area (Å²) >= 11 is 1.41. The summed E-state index contributed by atoms with van der Waals surface area (Å²) in [6, 6.07) is 16.0. The summed E-state index contributed by atoms with van der Waals surface area (Å²) in [6.45, 7) is 4.53. The first-order valence-corrected chi connectivity index (χ1v) is 13.0. The van der Waals surface area contributed by atoms with Gasteiger partial charge in [-0.1, -0.05) is 24.3 Å². The summed E-state index contributed by atoms with van der Waals surface area (Å²) in [5.41, 5.74) is 3.20. The maximum atomic E-state index is 12.6. The third kappa shape index (κ3) is 5.45. The molecule has 1 amide bonds. The fraction of sp³-hybridized carbons (Fsp3) is 0.261. The Morgan fingerprint density at radius 3 is 2.64 bits per heavy atom. The normalized spacial score (nSPS) is 13.6. The van der Waals surface area contributed by atoms with E-state index in [2.05, 4.69) is 20.1 Å². The van der Waals surface area contributed by atoms with Gasteiger partial charge in [-0.3, -0.25) is 14.5 Å². The Bertz CT molecular complexity index is 1300. The third-order valence-corrected chi connectivity index (χ3v) is 7.79. The number of para-hydroxylation sites is 1. The van der Waals surface area contributed by atoms with Crippen molar-refractivity contribution in [3.05, 3.63) is 66.0 Å². The topological polar surface area (TPSA) is 105 Å². The summed E-state index contributed by atoms with van der Waals surface area (Å²) in [5.74, 6) is 0.422. The molecule has 4 rings (SSSR count). The fourth-order valence-electron chi connectivity index (χ4n) is 3.57. The maximum Gasteiger partial charge on any atom is 0.262 e. The van der Waals surface area contributed by atoms with Crippen LogP contribution in [0.4, 0.5) is 5.69 Å². The zero-order valence-electron chi connectivity index (χ0n) is 18.4. The monoisotopic (exact) mass is 483 g/mol. The molecule has 2 aromatic carbocycles. The maximum absolute atomic E-state index is 12.6. The van der Waals surface area contributed by atoms with Gasteiger partial charge in [0.1, 0.15) is 5.84 Å². The van der Waals surface area contributed by atoms with Gasteiger partial charge in [-0.2, -0.15) is 5.10 Å². The van der Waals surface area contributed by atoms with Gasteiger partial charge in [-0.15, -0.1) is 11.8 Å². The van der Waals surface area contributed by atoms with E-state index in [9.17, 15) is 13.2 Å². The smallest absolute Gasteiger partial charge is 0.262 e. The molecule has 1 aliphatic heterocycles. The van der Waals surface area contributed by atoms with E-state index >= 15 is 0 Å². The van der Waals surface area contributed by atoms with E-state index < -0.39 is 10.0 Å². The number of hydrogen-bond donors (Lipinski definition) is 2. The minimum atomic E-state index is -3.74. The number of nitrogens with one attached hydrogen (secondary N) is 2. The lowest BCUT2D eigenvalue weighted by Crippen LogP contribution is -2.29. The van der Waals surface area contributed by atoms with Gasteiger partial charge in [0.05, 0.1) is 32.6 Å². The number of benzene rings is 2. The summed E-state index contributed by atoms with van der Waals surface area (Å²) in [4.78, 5) is 17.8. The van der Waals surface area contributed by atoms with Crippen LogP contribution in [0.25, 0.3) is 5.69 Å². The Labute approximate surface area is 197 Å². The van der Waals surface area contributed by atoms with Crippen LogP contribution in [-0.2, 0) is 14.8 Å². The molecular weight excluding hydrogens is 458 g/mol. The van der Waals surface area contributed by atoms with Gasteiger partial charge in [0.15, 0.2) is 0 Å². The number of sulfonamides is 1. The second-order valence-electron chi connectivity index (χ2n) is 7.65. The van der Waals surface area contributed by atoms with E-state index in [1.807, 2.05) is 48.9 Å². The van der Waals surface area contributed by atoms with E-state index in [1.165, 1.54) is 23.9 Å². The van der Waals surface area contributed by atoms with Crippen LogP contribution in [0.1, 0.15) is 24.2 Å². The van der Waals surface area contributed by atoms with Gasteiger partial charge in [0.25, 0.3) is 10.0 Å². The SMILES string of the molecule is Cc1nn(-c2ccccc2)c(C)c1SCC(=O)Nc1cccc(S(=O)(=O)NC2=NCCC2)c1. The van der Waals surface area contributed by atoms with Gasteiger partial charge >= 0.3 is 0 Å². The minimum absolute atomic E-state index is 0.0818. The molecule has 1 aromatic heterocycles. The van der Waals surface area contributed by atoms with E-state index in [1.54, 1.807) is 12.1 Å². The molecule has 0 bridgehead atoms. The molecular formula is C23H25N5O3S2. The molecule has 0 spiro atoms. The summed E-state index contributed by atoms with van der Waals surface area (Å²) < 4.78 is 29.6. The highest BCUT2D eigenvalue weighted by Crippen LogP contribution is 2.28. The predicted molar refractivity (Wildman–Crippen MR) is 131 cm³/mol. The molecule has 0 unspecified atom stereocenters. The number of aromatic nitrogens is 2. The molecule has 0 saturated carbocycles. The van der Waals surface area contributed by atoms with Crippen molar-refractivity contribution in [1.82, 2.24) is 14.5 Å². The molecule has 0 fully saturated rings. The first kappa shape index (κ1) is 23.1.